The van der Waals surface area contributed by atoms with E-state index in [9.17, 15) is 22.0 Å². The highest BCUT2D eigenvalue weighted by atomic mass is 19.4. The van der Waals surface area contributed by atoms with Gasteiger partial charge in [-0.2, -0.15) is 0 Å². The average molecular weight is 368 g/mol. The monoisotopic (exact) mass is 368 g/mol. The Morgan fingerprint density at radius 1 is 1.00 bits per heavy atom. The molecule has 0 radical (unpaired) electrons. The molecule has 6 heteroatoms. The Balaban J connectivity index is 1.93. The van der Waals surface area contributed by atoms with Crippen LogP contribution in [0.1, 0.15) is 42.0 Å². The Labute approximate surface area is 148 Å². The smallest absolute Gasteiger partial charge is 0.406 e. The minimum Gasteiger partial charge on any atom is -0.406 e. The molecule has 0 aromatic heterocycles. The van der Waals surface area contributed by atoms with E-state index in [1.165, 1.54) is 30.3 Å². The highest BCUT2D eigenvalue weighted by Gasteiger charge is 2.31. The predicted molar refractivity (Wildman–Crippen MR) is 89.7 cm³/mol. The third-order valence-corrected chi connectivity index (χ3v) is 4.30. The number of fused-ring (bicyclic) bond motifs is 1. The molecule has 2 aromatic rings. The number of halogens is 5. The lowest BCUT2D eigenvalue weighted by molar-refractivity contribution is -0.274. The molecule has 0 N–H and O–H groups in total. The second kappa shape index (κ2) is 7.09. The summed E-state index contributed by atoms with van der Waals surface area (Å²) in [6, 6.07) is 6.67. The van der Waals surface area contributed by atoms with Gasteiger partial charge in [0.05, 0.1) is 0 Å². The molecule has 2 aromatic carbocycles. The van der Waals surface area contributed by atoms with Gasteiger partial charge in [0, 0.05) is 5.56 Å². The number of aryl methyl sites for hydroxylation is 2. The molecule has 1 nitrogen and oxygen atoms in total. The Hall–Kier alpha value is -2.37. The van der Waals surface area contributed by atoms with Crippen molar-refractivity contribution in [2.45, 2.75) is 39.0 Å². The van der Waals surface area contributed by atoms with Crippen LogP contribution in [0.3, 0.4) is 0 Å². The van der Waals surface area contributed by atoms with Crippen molar-refractivity contribution in [2.24, 2.45) is 0 Å². The topological polar surface area (TPSA) is 9.23 Å². The first kappa shape index (κ1) is 18.4. The van der Waals surface area contributed by atoms with Crippen molar-refractivity contribution >= 4 is 11.6 Å². The van der Waals surface area contributed by atoms with E-state index in [-0.39, 0.29) is 11.3 Å². The van der Waals surface area contributed by atoms with Crippen LogP contribution in [-0.2, 0) is 12.8 Å². The molecule has 0 amide bonds. The number of ether oxygens (including phenoxy) is 1. The van der Waals surface area contributed by atoms with Crippen molar-refractivity contribution < 1.29 is 26.7 Å². The van der Waals surface area contributed by atoms with Gasteiger partial charge in [0.2, 0.25) is 0 Å². The Morgan fingerprint density at radius 3 is 2.31 bits per heavy atom. The summed E-state index contributed by atoms with van der Waals surface area (Å²) >= 11 is 0. The number of hydrogen-bond acceptors (Lipinski definition) is 1. The zero-order valence-electron chi connectivity index (χ0n) is 14.1. The molecule has 26 heavy (non-hydrogen) atoms. The van der Waals surface area contributed by atoms with Crippen molar-refractivity contribution in [1.82, 2.24) is 0 Å². The van der Waals surface area contributed by atoms with E-state index in [2.05, 4.69) is 4.74 Å². The molecule has 3 rings (SSSR count). The van der Waals surface area contributed by atoms with Crippen LogP contribution in [0.5, 0.6) is 5.75 Å². The van der Waals surface area contributed by atoms with Crippen LogP contribution in [0.15, 0.2) is 30.3 Å². The lowest BCUT2D eigenvalue weighted by Crippen LogP contribution is -2.17. The lowest BCUT2D eigenvalue weighted by Gasteiger charge is -2.19. The number of allylic oxidation sites excluding steroid dienone is 1. The summed E-state index contributed by atoms with van der Waals surface area (Å²) in [5.74, 6) is -1.52. The van der Waals surface area contributed by atoms with Gasteiger partial charge in [-0.1, -0.05) is 25.5 Å². The molecule has 0 spiro atoms. The Bertz CT molecular complexity index is 829. The van der Waals surface area contributed by atoms with Gasteiger partial charge in [0.15, 0.2) is 0 Å². The maximum absolute atomic E-state index is 14.4. The van der Waals surface area contributed by atoms with Crippen molar-refractivity contribution in [3.05, 3.63) is 64.2 Å². The first-order valence-corrected chi connectivity index (χ1v) is 8.34. The van der Waals surface area contributed by atoms with E-state index in [1.807, 2.05) is 6.92 Å². The predicted octanol–water partition coefficient (Wildman–Crippen LogP) is 6.30. The van der Waals surface area contributed by atoms with Crippen molar-refractivity contribution in [2.75, 3.05) is 0 Å². The average Bonchev–Trinajstić information content (AvgIpc) is 2.53. The van der Waals surface area contributed by atoms with E-state index in [0.29, 0.717) is 41.5 Å². The van der Waals surface area contributed by atoms with Crippen molar-refractivity contribution in [1.29, 1.82) is 0 Å². The van der Waals surface area contributed by atoms with Gasteiger partial charge in [-0.15, -0.1) is 13.2 Å². The third-order valence-electron chi connectivity index (χ3n) is 4.30. The zero-order valence-corrected chi connectivity index (χ0v) is 14.1. The van der Waals surface area contributed by atoms with Crippen molar-refractivity contribution in [3.8, 4) is 5.75 Å². The van der Waals surface area contributed by atoms with Crippen LogP contribution in [0.25, 0.3) is 11.6 Å². The van der Waals surface area contributed by atoms with Crippen LogP contribution in [-0.4, -0.2) is 6.36 Å². The number of rotatable bonds is 4. The van der Waals surface area contributed by atoms with Gasteiger partial charge < -0.3 is 4.74 Å². The largest absolute Gasteiger partial charge is 0.573 e. The fourth-order valence-corrected chi connectivity index (χ4v) is 3.23. The minimum atomic E-state index is -4.75. The highest BCUT2D eigenvalue weighted by Crippen LogP contribution is 2.35. The van der Waals surface area contributed by atoms with Gasteiger partial charge in [0.1, 0.15) is 17.4 Å². The zero-order chi connectivity index (χ0) is 18.9. The first-order valence-electron chi connectivity index (χ1n) is 8.34. The van der Waals surface area contributed by atoms with Crippen LogP contribution >= 0.6 is 0 Å². The van der Waals surface area contributed by atoms with E-state index >= 15 is 0 Å². The molecule has 0 saturated carbocycles. The van der Waals surface area contributed by atoms with E-state index in [1.54, 1.807) is 6.08 Å². The summed E-state index contributed by atoms with van der Waals surface area (Å²) < 4.78 is 69.7. The molecule has 0 unspecified atom stereocenters. The number of alkyl halides is 3. The van der Waals surface area contributed by atoms with Gasteiger partial charge >= 0.3 is 6.36 Å². The quantitative estimate of drug-likeness (QED) is 0.575. The Kier molecular flexibility index (Phi) is 5.03. The van der Waals surface area contributed by atoms with Gasteiger partial charge in [-0.25, -0.2) is 8.78 Å². The molecule has 0 aliphatic heterocycles. The van der Waals surface area contributed by atoms with Crippen LogP contribution < -0.4 is 4.74 Å². The molecule has 0 heterocycles. The maximum atomic E-state index is 14.4. The van der Waals surface area contributed by atoms with Gasteiger partial charge in [-0.05, 0) is 65.8 Å². The maximum Gasteiger partial charge on any atom is 0.573 e. The lowest BCUT2D eigenvalue weighted by atomic mass is 9.87. The van der Waals surface area contributed by atoms with Crippen LogP contribution in [0.2, 0.25) is 0 Å². The van der Waals surface area contributed by atoms with E-state index in [0.717, 1.165) is 6.42 Å². The molecular weight excluding hydrogens is 351 g/mol. The summed E-state index contributed by atoms with van der Waals surface area (Å²) in [6.45, 7) is 1.93. The summed E-state index contributed by atoms with van der Waals surface area (Å²) in [7, 11) is 0. The fourth-order valence-electron chi connectivity index (χ4n) is 3.23. The van der Waals surface area contributed by atoms with E-state index < -0.39 is 18.0 Å². The standard InChI is InChI=1S/C20H17F5O/c1-2-3-12-8-17(21)19(18(22)9-12)15-5-4-14-11-16(26-20(23,24)25)7-6-13(14)10-15/h6-11H,2-5H2,1H3. The van der Waals surface area contributed by atoms with Crippen molar-refractivity contribution in [3.63, 3.8) is 0 Å². The normalized spacial score (nSPS) is 14.0. The molecule has 138 valence electrons. The van der Waals surface area contributed by atoms with E-state index in [4.69, 9.17) is 0 Å². The summed E-state index contributed by atoms with van der Waals surface area (Å²) in [5.41, 5.74) is 2.33. The summed E-state index contributed by atoms with van der Waals surface area (Å²) in [6.07, 6.45) is -1.03. The molecule has 1 aliphatic carbocycles. The first-order chi connectivity index (χ1) is 12.3. The third kappa shape index (κ3) is 4.06. The molecule has 0 fully saturated rings. The number of benzene rings is 2. The van der Waals surface area contributed by atoms with Crippen LogP contribution in [0, 0.1) is 11.6 Å². The molecule has 1 aliphatic rings. The van der Waals surface area contributed by atoms with Gasteiger partial charge in [-0.3, -0.25) is 0 Å². The van der Waals surface area contributed by atoms with Gasteiger partial charge in [0.25, 0.3) is 0 Å². The number of hydrogen-bond donors (Lipinski definition) is 0. The molecular formula is C20H17F5O. The summed E-state index contributed by atoms with van der Waals surface area (Å²) in [4.78, 5) is 0. The summed E-state index contributed by atoms with van der Waals surface area (Å²) in [5, 5.41) is 0. The Morgan fingerprint density at radius 2 is 1.69 bits per heavy atom. The second-order valence-electron chi connectivity index (χ2n) is 6.26. The fraction of sp³-hybridized carbons (Fsp3) is 0.300. The molecule has 0 bridgehead atoms. The van der Waals surface area contributed by atoms with Crippen LogP contribution in [0.4, 0.5) is 22.0 Å². The SMILES string of the molecule is CCCc1cc(F)c(C2=Cc3ccc(OC(F)(F)F)cc3CC2)c(F)c1. The second-order valence-corrected chi connectivity index (χ2v) is 6.26. The molecule has 0 saturated heterocycles. The molecule has 0 atom stereocenters. The minimum absolute atomic E-state index is 0.0638. The highest BCUT2D eigenvalue weighted by molar-refractivity contribution is 5.85.